The zero-order valence-corrected chi connectivity index (χ0v) is 90.7. The van der Waals surface area contributed by atoms with E-state index in [1.165, 1.54) is 126 Å². The van der Waals surface area contributed by atoms with E-state index in [0.29, 0.717) is 28.1 Å². The molecular weight excluding hydrogens is 1890 g/mol. The summed E-state index contributed by atoms with van der Waals surface area (Å²) in [5.41, 5.74) is 37.7. The summed E-state index contributed by atoms with van der Waals surface area (Å²) in [6.45, 7) is 51.4. The number of anilines is 18. The van der Waals surface area contributed by atoms with Gasteiger partial charge in [0.2, 0.25) is 39.3 Å². The van der Waals surface area contributed by atoms with Gasteiger partial charge in [0.05, 0.1) is 61.8 Å². The third kappa shape index (κ3) is 19.5. The SMILES string of the molecule is Cc1cc2c(o1)N(c1c(C)cc(C(C)(C)C)cc1C)c1ccccc1C2.Cc1cc2c(o1)N(c1c(C)cc(C(C)(C)C)cc1C)c1ccccc1S2(=O)=O.Cc1cc2c(o1)N(c1c(C)cc(C(C)(C)C)cc1C)c1ccccc1[Se]2.Cc1cc2c(o1)N(c1ccccc1C)c1ccccc1C=C2.Cc1cc2c(o1)N(c1ccccc1C)c1ccccc1CC2.Cc1cc2c(o1)N(c1ccccc1C)c1ccccc1N=N2. The van der Waals surface area contributed by atoms with Gasteiger partial charge in [-0.15, -0.1) is 10.2 Å². The molecule has 18 heteroatoms. The van der Waals surface area contributed by atoms with Gasteiger partial charge in [-0.05, 0) is 258 Å². The van der Waals surface area contributed by atoms with Gasteiger partial charge in [-0.3, -0.25) is 24.5 Å². The van der Waals surface area contributed by atoms with Gasteiger partial charge >= 0.3 is 162 Å². The van der Waals surface area contributed by atoms with Gasteiger partial charge in [0, 0.05) is 35.2 Å². The summed E-state index contributed by atoms with van der Waals surface area (Å²) in [4.78, 5) is 13.7. The molecule has 0 spiro atoms. The van der Waals surface area contributed by atoms with Gasteiger partial charge in [0.15, 0.2) is 0 Å². The molecule has 0 aliphatic carbocycles. The first-order valence-corrected chi connectivity index (χ1v) is 53.4. The summed E-state index contributed by atoms with van der Waals surface area (Å²) >= 11 is 0.285. The van der Waals surface area contributed by atoms with Crippen LogP contribution < -0.4 is 38.3 Å². The van der Waals surface area contributed by atoms with Crippen molar-refractivity contribution in [2.75, 3.05) is 29.4 Å². The van der Waals surface area contributed by atoms with Crippen molar-refractivity contribution in [2.24, 2.45) is 10.2 Å². The minimum atomic E-state index is -3.61. The second-order valence-electron chi connectivity index (χ2n) is 42.1. The molecule has 146 heavy (non-hydrogen) atoms. The van der Waals surface area contributed by atoms with Crippen LogP contribution in [0.2, 0.25) is 0 Å². The van der Waals surface area contributed by atoms with Crippen LogP contribution in [-0.2, 0) is 45.3 Å². The first kappa shape index (κ1) is 99.7. The van der Waals surface area contributed by atoms with Crippen molar-refractivity contribution in [1.82, 2.24) is 0 Å². The average molecular weight is 2020 g/mol. The minimum Gasteiger partial charge on any atom is -0.445 e. The van der Waals surface area contributed by atoms with Crippen LogP contribution in [0.4, 0.5) is 115 Å². The Labute approximate surface area is 866 Å². The fourth-order valence-electron chi connectivity index (χ4n) is 20.6. The predicted octanol–water partition coefficient (Wildman–Crippen LogP) is 35.3. The summed E-state index contributed by atoms with van der Waals surface area (Å²) in [6.07, 6.45) is 7.28. The van der Waals surface area contributed by atoms with Crippen LogP contribution in [0.5, 0.6) is 0 Å². The average Bonchev–Trinajstić information content (AvgIpc) is 1.46. The smallest absolute Gasteiger partial charge is 0.232 e. The number of furan rings is 6. The molecule has 6 aliphatic heterocycles. The third-order valence-corrected chi connectivity index (χ3v) is 31.7. The first-order chi connectivity index (χ1) is 69.7. The summed E-state index contributed by atoms with van der Waals surface area (Å²) in [5.74, 6) is 10.1. The molecule has 12 aromatic carbocycles. The molecule has 0 fully saturated rings. The molecular formula is C128H128N8O8SSe. The summed E-state index contributed by atoms with van der Waals surface area (Å²) < 4.78 is 65.4. The Morgan fingerprint density at radius 2 is 0.610 bits per heavy atom. The van der Waals surface area contributed by atoms with Crippen molar-refractivity contribution in [3.8, 4) is 0 Å². The zero-order chi connectivity index (χ0) is 103. The standard InChI is InChI=1S/C24H27NO.C23H25NO3S.C23H25NOSe.C20H19NO.C20H17NO.C18H15N3O/c1-15-11-20(24(4,5)6)12-16(2)22(15)25-21-10-8-7-9-18(21)14-19-13-17(3)26-23(19)25;1-14-11-17(23(4,5)6)12-15(2)21(14)24-18-9-7-8-10-19(18)28(25,26)20-13-16(3)27-22(20)24;1-14-11-17(23(4,5)6)12-15(2)21(14)24-18-9-7-8-10-19(18)26-20-13-16(3)25-22(20)24;2*1-14-7-3-5-9-18(14)21-19-10-6-4-8-16(19)11-12-17-13-15(2)22-20(17)21;1-12-7-3-5-9-16(12)21-17-10-6-4-8-14(17)19-20-15-11-13(2)22-18(15)21/h7-13H,14H2,1-6H3;7-13H,1-6H3;7-13H,1-6H3;3-10,13H,11-12H2,1-2H3;3-13H,1-2H3;3-11H,1-2H3. The Balaban J connectivity index is 0.000000111. The number of azo groups is 1. The molecule has 0 saturated heterocycles. The van der Waals surface area contributed by atoms with Gasteiger partial charge in [-0.25, -0.2) is 8.42 Å². The van der Waals surface area contributed by atoms with E-state index < -0.39 is 9.84 Å². The van der Waals surface area contributed by atoms with Crippen LogP contribution in [0.15, 0.2) is 338 Å². The van der Waals surface area contributed by atoms with E-state index in [1.54, 1.807) is 25.1 Å². The monoisotopic (exact) mass is 2020 g/mol. The van der Waals surface area contributed by atoms with Crippen LogP contribution in [0.1, 0.15) is 197 Å². The van der Waals surface area contributed by atoms with E-state index in [0.717, 1.165) is 128 Å². The number of hydrogen-bond donors (Lipinski definition) is 0. The Morgan fingerprint density at radius 3 is 1.16 bits per heavy atom. The van der Waals surface area contributed by atoms with Crippen molar-refractivity contribution >= 4 is 161 Å². The van der Waals surface area contributed by atoms with E-state index in [-0.39, 0.29) is 36.1 Å². The molecule has 0 radical (unpaired) electrons. The van der Waals surface area contributed by atoms with Gasteiger partial charge in [0.1, 0.15) is 45.1 Å². The molecule has 0 unspecified atom stereocenters. The zero-order valence-electron chi connectivity index (χ0n) is 88.1. The largest absolute Gasteiger partial charge is 0.445 e. The van der Waals surface area contributed by atoms with Crippen LogP contribution in [0, 0.1) is 104 Å². The van der Waals surface area contributed by atoms with Gasteiger partial charge in [-0.1, -0.05) is 205 Å². The quantitative estimate of drug-likeness (QED) is 0.145. The number of sulfone groups is 1. The van der Waals surface area contributed by atoms with E-state index in [9.17, 15) is 8.42 Å². The van der Waals surface area contributed by atoms with E-state index in [1.807, 2.05) is 94.1 Å². The Hall–Kier alpha value is -15.1. The Morgan fingerprint density at radius 1 is 0.253 bits per heavy atom. The molecule has 12 heterocycles. The van der Waals surface area contributed by atoms with E-state index in [2.05, 4.69) is 390 Å². The number of rotatable bonds is 6. The summed E-state index contributed by atoms with van der Waals surface area (Å²) in [6, 6.07) is 100. The van der Waals surface area contributed by atoms with E-state index in [4.69, 9.17) is 26.5 Å². The molecule has 16 nitrogen and oxygen atoms in total. The van der Waals surface area contributed by atoms with E-state index >= 15 is 0 Å². The Bertz CT molecular complexity index is 7790. The maximum Gasteiger partial charge on any atom is 0.232 e. The Kier molecular flexibility index (Phi) is 27.2. The van der Waals surface area contributed by atoms with Gasteiger partial charge in [0.25, 0.3) is 0 Å². The maximum absolute atomic E-state index is 13.2. The molecule has 0 amide bonds. The second-order valence-corrected chi connectivity index (χ2v) is 46.3. The molecule has 0 atom stereocenters. The number of benzene rings is 12. The molecule has 0 N–H and O–H groups in total. The van der Waals surface area contributed by atoms with Crippen LogP contribution in [-0.4, -0.2) is 23.4 Å². The fourth-order valence-corrected chi connectivity index (χ4v) is 24.5. The summed E-state index contributed by atoms with van der Waals surface area (Å²) in [7, 11) is -3.61. The molecule has 6 aromatic heterocycles. The topological polar surface area (TPSA) is 157 Å². The van der Waals surface area contributed by atoms with Crippen LogP contribution >= 0.6 is 0 Å². The third-order valence-electron chi connectivity index (χ3n) is 27.7. The molecule has 0 bridgehead atoms. The minimum absolute atomic E-state index is 0.0314. The van der Waals surface area contributed by atoms with Crippen molar-refractivity contribution in [3.63, 3.8) is 0 Å². The maximum atomic E-state index is 13.2. The first-order valence-electron chi connectivity index (χ1n) is 50.2. The number of fused-ring (bicyclic) bond motifs is 12. The molecule has 24 rings (SSSR count). The van der Waals surface area contributed by atoms with Crippen LogP contribution in [0.25, 0.3) is 12.2 Å². The van der Waals surface area contributed by atoms with Crippen molar-refractivity contribution in [1.29, 1.82) is 0 Å². The molecule has 6 aliphatic rings. The predicted molar refractivity (Wildman–Crippen MR) is 601 cm³/mol. The second kappa shape index (κ2) is 39.8. The summed E-state index contributed by atoms with van der Waals surface area (Å²) in [5, 5.41) is 8.71. The fraction of sp³-hybridized carbons (Fsp3) is 0.234. The van der Waals surface area contributed by atoms with Crippen molar-refractivity contribution < 1.29 is 34.9 Å². The number of para-hydroxylation sites is 9. The van der Waals surface area contributed by atoms with Crippen LogP contribution in [0.3, 0.4) is 0 Å². The number of aryl methyl sites for hydroxylation is 17. The number of nitrogens with zero attached hydrogens (tertiary/aromatic N) is 8. The molecule has 740 valence electrons. The van der Waals surface area contributed by atoms with Gasteiger partial charge < -0.3 is 22.1 Å². The number of hydrogen-bond acceptors (Lipinski definition) is 16. The van der Waals surface area contributed by atoms with Gasteiger partial charge in [-0.2, -0.15) is 0 Å². The molecule has 0 saturated carbocycles. The molecule has 18 aromatic rings. The van der Waals surface area contributed by atoms with Crippen molar-refractivity contribution in [3.05, 3.63) is 426 Å². The normalized spacial score (nSPS) is 13.6. The van der Waals surface area contributed by atoms with Crippen molar-refractivity contribution in [2.45, 2.75) is 211 Å².